The highest BCUT2D eigenvalue weighted by Gasteiger charge is 1.94. The van der Waals surface area contributed by atoms with Crippen LogP contribution in [0.25, 0.3) is 0 Å². The van der Waals surface area contributed by atoms with Gasteiger partial charge in [0, 0.05) is 19.3 Å². The summed E-state index contributed by atoms with van der Waals surface area (Å²) in [6, 6.07) is -0.221. The molecule has 0 aliphatic rings. The second kappa shape index (κ2) is 9.57. The van der Waals surface area contributed by atoms with Gasteiger partial charge in [0.25, 0.3) is 0 Å². The summed E-state index contributed by atoms with van der Waals surface area (Å²) in [5.41, 5.74) is 0. The lowest BCUT2D eigenvalue weighted by atomic mass is 10.4. The van der Waals surface area contributed by atoms with Crippen molar-refractivity contribution in [3.8, 4) is 0 Å². The Kier molecular flexibility index (Phi) is 8.53. The number of hydrogen-bond acceptors (Lipinski definition) is 2. The van der Waals surface area contributed by atoms with Gasteiger partial charge in [0.15, 0.2) is 0 Å². The van der Waals surface area contributed by atoms with Gasteiger partial charge in [-0.05, 0) is 12.8 Å². The highest BCUT2D eigenvalue weighted by molar-refractivity contribution is 5.74. The van der Waals surface area contributed by atoms with Crippen LogP contribution in [0.3, 0.4) is 0 Å². The normalized spacial score (nSPS) is 9.79. The maximum Gasteiger partial charge on any atom is 0.318 e. The fourth-order valence-electron chi connectivity index (χ4n) is 0.755. The van der Waals surface area contributed by atoms with E-state index >= 15 is 0 Å². The Balaban J connectivity index is 3.26. The quantitative estimate of drug-likeness (QED) is 0.409. The molecule has 0 radical (unpaired) electrons. The Morgan fingerprint density at radius 2 is 2.14 bits per heavy atom. The van der Waals surface area contributed by atoms with E-state index in [2.05, 4.69) is 16.0 Å². The summed E-state index contributed by atoms with van der Waals surface area (Å²) in [7, 11) is 0. The van der Waals surface area contributed by atoms with Crippen molar-refractivity contribution >= 4 is 12.4 Å². The molecule has 14 heavy (non-hydrogen) atoms. The Bertz CT molecular complexity index is 192. The molecule has 0 saturated heterocycles. The number of allylic oxidation sites excluding steroid dienone is 1. The van der Waals surface area contributed by atoms with Gasteiger partial charge in [0.2, 0.25) is 6.41 Å². The van der Waals surface area contributed by atoms with E-state index in [9.17, 15) is 9.59 Å². The van der Waals surface area contributed by atoms with Gasteiger partial charge >= 0.3 is 6.03 Å². The number of hydrogen-bond donors (Lipinski definition) is 3. The van der Waals surface area contributed by atoms with Gasteiger partial charge in [-0.15, -0.1) is 0 Å². The van der Waals surface area contributed by atoms with Crippen LogP contribution in [0.1, 0.15) is 19.8 Å². The van der Waals surface area contributed by atoms with Crippen molar-refractivity contribution in [2.24, 2.45) is 0 Å². The van der Waals surface area contributed by atoms with Crippen LogP contribution in [-0.4, -0.2) is 25.5 Å². The summed E-state index contributed by atoms with van der Waals surface area (Å²) in [6.07, 6.45) is 5.73. The molecule has 0 saturated carbocycles. The smallest absolute Gasteiger partial charge is 0.318 e. The van der Waals surface area contributed by atoms with E-state index in [0.717, 1.165) is 12.8 Å². The molecule has 0 bridgehead atoms. The molecule has 5 heteroatoms. The van der Waals surface area contributed by atoms with Crippen LogP contribution in [0.2, 0.25) is 0 Å². The van der Waals surface area contributed by atoms with Crippen LogP contribution >= 0.6 is 0 Å². The molecule has 0 rings (SSSR count). The van der Waals surface area contributed by atoms with E-state index in [1.54, 1.807) is 6.20 Å². The maximum atomic E-state index is 11.0. The largest absolute Gasteiger partial charge is 0.359 e. The second-order valence-electron chi connectivity index (χ2n) is 2.64. The minimum atomic E-state index is -0.221. The van der Waals surface area contributed by atoms with E-state index in [4.69, 9.17) is 0 Å². The van der Waals surface area contributed by atoms with Crippen molar-refractivity contribution in [1.29, 1.82) is 0 Å². The summed E-state index contributed by atoms with van der Waals surface area (Å²) in [4.78, 5) is 20.8. The third-order valence-electron chi connectivity index (χ3n) is 1.43. The molecule has 0 aliphatic heterocycles. The molecule has 0 aliphatic carbocycles. The Morgan fingerprint density at radius 3 is 2.79 bits per heavy atom. The topological polar surface area (TPSA) is 70.2 Å². The van der Waals surface area contributed by atoms with Crippen molar-refractivity contribution in [2.45, 2.75) is 19.8 Å². The third kappa shape index (κ3) is 8.58. The second-order valence-corrected chi connectivity index (χ2v) is 2.64. The van der Waals surface area contributed by atoms with Gasteiger partial charge in [-0.25, -0.2) is 4.79 Å². The van der Waals surface area contributed by atoms with Gasteiger partial charge in [0.05, 0.1) is 0 Å². The lowest BCUT2D eigenvalue weighted by Gasteiger charge is -2.03. The van der Waals surface area contributed by atoms with E-state index in [1.165, 1.54) is 0 Å². The van der Waals surface area contributed by atoms with Gasteiger partial charge < -0.3 is 16.0 Å². The zero-order valence-electron chi connectivity index (χ0n) is 8.38. The number of nitrogens with one attached hydrogen (secondary N) is 3. The van der Waals surface area contributed by atoms with Crippen LogP contribution in [0.15, 0.2) is 12.3 Å². The number of carbonyl (C=O) groups is 2. The highest BCUT2D eigenvalue weighted by atomic mass is 16.2. The zero-order valence-corrected chi connectivity index (χ0v) is 8.38. The van der Waals surface area contributed by atoms with Crippen LogP contribution < -0.4 is 16.0 Å². The first kappa shape index (κ1) is 12.5. The first-order chi connectivity index (χ1) is 6.81. The molecule has 0 fully saturated rings. The zero-order chi connectivity index (χ0) is 10.6. The first-order valence-electron chi connectivity index (χ1n) is 4.67. The fraction of sp³-hybridized carbons (Fsp3) is 0.556. The van der Waals surface area contributed by atoms with Crippen molar-refractivity contribution in [3.63, 3.8) is 0 Å². The maximum absolute atomic E-state index is 11.0. The van der Waals surface area contributed by atoms with Gasteiger partial charge in [0.1, 0.15) is 0 Å². The number of carbonyl (C=O) groups excluding carboxylic acids is 2. The lowest BCUT2D eigenvalue weighted by molar-refractivity contribution is -0.109. The summed E-state index contributed by atoms with van der Waals surface area (Å²) in [6.45, 7) is 3.11. The van der Waals surface area contributed by atoms with E-state index in [1.807, 2.05) is 13.0 Å². The molecule has 80 valence electrons. The van der Waals surface area contributed by atoms with E-state index in [-0.39, 0.29) is 6.03 Å². The molecule has 3 amide bonds. The molecule has 0 aromatic rings. The predicted octanol–water partition coefficient (Wildman–Crippen LogP) is 0.345. The standard InChI is InChI=1S/C9H17N3O2/c1-2-3-6-11-9(14)12-7-4-5-10-8-13/h3,6,8H,2,4-5,7H2,1H3,(H,10,13)(H2,11,12,14)/b6-3+. The molecule has 3 N–H and O–H groups in total. The van der Waals surface area contributed by atoms with Crippen LogP contribution in [-0.2, 0) is 4.79 Å². The summed E-state index contributed by atoms with van der Waals surface area (Å²) in [5, 5.41) is 7.71. The molecule has 0 atom stereocenters. The van der Waals surface area contributed by atoms with Crippen molar-refractivity contribution < 1.29 is 9.59 Å². The van der Waals surface area contributed by atoms with E-state index in [0.29, 0.717) is 19.5 Å². The van der Waals surface area contributed by atoms with Gasteiger partial charge in [-0.3, -0.25) is 4.79 Å². The number of amides is 3. The van der Waals surface area contributed by atoms with Crippen molar-refractivity contribution in [2.75, 3.05) is 13.1 Å². The summed E-state index contributed by atoms with van der Waals surface area (Å²) >= 11 is 0. The molecule has 0 unspecified atom stereocenters. The molecular formula is C9H17N3O2. The molecule has 0 spiro atoms. The van der Waals surface area contributed by atoms with Crippen LogP contribution in [0, 0.1) is 0 Å². The molecule has 0 heterocycles. The fourth-order valence-corrected chi connectivity index (χ4v) is 0.755. The first-order valence-corrected chi connectivity index (χ1v) is 4.67. The summed E-state index contributed by atoms with van der Waals surface area (Å²) < 4.78 is 0. The van der Waals surface area contributed by atoms with Gasteiger partial charge in [-0.2, -0.15) is 0 Å². The Labute approximate surface area is 83.9 Å². The molecular weight excluding hydrogens is 182 g/mol. The minimum Gasteiger partial charge on any atom is -0.359 e. The van der Waals surface area contributed by atoms with Crippen molar-refractivity contribution in [3.05, 3.63) is 12.3 Å². The molecule has 0 aromatic heterocycles. The molecule has 5 nitrogen and oxygen atoms in total. The van der Waals surface area contributed by atoms with Crippen LogP contribution in [0.4, 0.5) is 4.79 Å². The molecule has 0 aromatic carbocycles. The van der Waals surface area contributed by atoms with Crippen LogP contribution in [0.5, 0.6) is 0 Å². The number of rotatable bonds is 7. The third-order valence-corrected chi connectivity index (χ3v) is 1.43. The average Bonchev–Trinajstić information content (AvgIpc) is 2.18. The lowest BCUT2D eigenvalue weighted by Crippen LogP contribution is -2.33. The summed E-state index contributed by atoms with van der Waals surface area (Å²) in [5.74, 6) is 0. The monoisotopic (exact) mass is 199 g/mol. The number of urea groups is 1. The van der Waals surface area contributed by atoms with Crippen molar-refractivity contribution in [1.82, 2.24) is 16.0 Å². The Morgan fingerprint density at radius 1 is 1.36 bits per heavy atom. The Hall–Kier alpha value is -1.52. The predicted molar refractivity (Wildman–Crippen MR) is 54.6 cm³/mol. The highest BCUT2D eigenvalue weighted by Crippen LogP contribution is 1.76. The van der Waals surface area contributed by atoms with Gasteiger partial charge in [-0.1, -0.05) is 13.0 Å². The van der Waals surface area contributed by atoms with E-state index < -0.39 is 0 Å². The average molecular weight is 199 g/mol. The minimum absolute atomic E-state index is 0.221. The SMILES string of the molecule is CC/C=C/NC(=O)NCCCNC=O.